The Kier molecular flexibility index (Phi) is 5.31. The highest BCUT2D eigenvalue weighted by Gasteiger charge is 2.47. The van der Waals surface area contributed by atoms with E-state index in [2.05, 4.69) is 6.92 Å². The molecular weight excluding hydrogens is 277 g/mol. The molecule has 0 heterocycles. The highest BCUT2D eigenvalue weighted by Crippen LogP contribution is 2.46. The standard InChI is InChI=1S/C17H23F3O/c1-2-5-12-8-10-13(11-9-12)16(21)14-6-3-4-7-15(14)17(18,19)20/h8-11,14-16,21H,2-7H2,1H3. The summed E-state index contributed by atoms with van der Waals surface area (Å²) in [7, 11) is 0. The number of aliphatic hydroxyl groups is 1. The molecule has 1 aromatic carbocycles. The van der Waals surface area contributed by atoms with Crippen molar-refractivity contribution in [1.82, 2.24) is 0 Å². The molecule has 21 heavy (non-hydrogen) atoms. The van der Waals surface area contributed by atoms with Crippen LogP contribution in [-0.4, -0.2) is 11.3 Å². The van der Waals surface area contributed by atoms with Gasteiger partial charge in [0.1, 0.15) is 0 Å². The minimum atomic E-state index is -4.21. The molecule has 4 heteroatoms. The van der Waals surface area contributed by atoms with Crippen molar-refractivity contribution in [1.29, 1.82) is 0 Å². The summed E-state index contributed by atoms with van der Waals surface area (Å²) in [4.78, 5) is 0. The molecule has 0 bridgehead atoms. The highest BCUT2D eigenvalue weighted by molar-refractivity contribution is 5.25. The first-order valence-corrected chi connectivity index (χ1v) is 7.77. The van der Waals surface area contributed by atoms with Gasteiger partial charge in [-0.1, -0.05) is 50.5 Å². The van der Waals surface area contributed by atoms with Crippen LogP contribution in [0.2, 0.25) is 0 Å². The van der Waals surface area contributed by atoms with E-state index in [9.17, 15) is 18.3 Å². The molecule has 2 rings (SSSR count). The van der Waals surface area contributed by atoms with E-state index in [1.54, 1.807) is 12.1 Å². The molecule has 0 saturated heterocycles. The average molecular weight is 300 g/mol. The van der Waals surface area contributed by atoms with E-state index in [0.29, 0.717) is 18.4 Å². The molecule has 0 spiro atoms. The van der Waals surface area contributed by atoms with Crippen LogP contribution >= 0.6 is 0 Å². The molecule has 1 aromatic rings. The van der Waals surface area contributed by atoms with E-state index in [1.807, 2.05) is 12.1 Å². The molecule has 0 radical (unpaired) electrons. The number of aryl methyl sites for hydroxylation is 1. The fourth-order valence-electron chi connectivity index (χ4n) is 3.36. The molecule has 1 saturated carbocycles. The number of alkyl halides is 3. The monoisotopic (exact) mass is 300 g/mol. The van der Waals surface area contributed by atoms with Gasteiger partial charge in [-0.05, 0) is 30.4 Å². The summed E-state index contributed by atoms with van der Waals surface area (Å²) in [5, 5.41) is 10.4. The first-order chi connectivity index (χ1) is 9.93. The Labute approximate surface area is 124 Å². The molecule has 118 valence electrons. The van der Waals surface area contributed by atoms with Crippen molar-refractivity contribution in [2.75, 3.05) is 0 Å². The normalized spacial score (nSPS) is 24.8. The Hall–Kier alpha value is -1.03. The molecular formula is C17H23F3O. The van der Waals surface area contributed by atoms with Gasteiger partial charge in [0.2, 0.25) is 0 Å². The summed E-state index contributed by atoms with van der Waals surface area (Å²) < 4.78 is 39.4. The maximum atomic E-state index is 13.1. The number of halogens is 3. The lowest BCUT2D eigenvalue weighted by atomic mass is 9.74. The molecule has 1 fully saturated rings. The number of hydrogen-bond donors (Lipinski definition) is 1. The summed E-state index contributed by atoms with van der Waals surface area (Å²) >= 11 is 0. The van der Waals surface area contributed by atoms with Crippen LogP contribution in [0.3, 0.4) is 0 Å². The maximum absolute atomic E-state index is 13.1. The Balaban J connectivity index is 2.14. The fraction of sp³-hybridized carbons (Fsp3) is 0.647. The van der Waals surface area contributed by atoms with Crippen LogP contribution in [0.4, 0.5) is 13.2 Å². The molecule has 0 amide bonds. The minimum absolute atomic E-state index is 0.138. The van der Waals surface area contributed by atoms with Gasteiger partial charge in [0.25, 0.3) is 0 Å². The second kappa shape index (κ2) is 6.82. The van der Waals surface area contributed by atoms with Crippen molar-refractivity contribution in [2.45, 2.75) is 57.7 Å². The van der Waals surface area contributed by atoms with E-state index in [-0.39, 0.29) is 6.42 Å². The smallest absolute Gasteiger partial charge is 0.388 e. The second-order valence-corrected chi connectivity index (χ2v) is 6.03. The van der Waals surface area contributed by atoms with Crippen LogP contribution in [0.15, 0.2) is 24.3 Å². The zero-order valence-electron chi connectivity index (χ0n) is 12.4. The average Bonchev–Trinajstić information content (AvgIpc) is 2.47. The second-order valence-electron chi connectivity index (χ2n) is 6.03. The SMILES string of the molecule is CCCc1ccc(C(O)C2CCCCC2C(F)(F)F)cc1. The molecule has 0 aromatic heterocycles. The fourth-order valence-corrected chi connectivity index (χ4v) is 3.36. The topological polar surface area (TPSA) is 20.2 Å². The van der Waals surface area contributed by atoms with Crippen molar-refractivity contribution in [3.05, 3.63) is 35.4 Å². The van der Waals surface area contributed by atoms with E-state index in [4.69, 9.17) is 0 Å². The van der Waals surface area contributed by atoms with Crippen molar-refractivity contribution in [3.8, 4) is 0 Å². The lowest BCUT2D eigenvalue weighted by molar-refractivity contribution is -0.207. The van der Waals surface area contributed by atoms with Gasteiger partial charge in [0.05, 0.1) is 12.0 Å². The Bertz CT molecular complexity index is 438. The number of rotatable bonds is 4. The summed E-state index contributed by atoms with van der Waals surface area (Å²) in [6.45, 7) is 2.08. The molecule has 1 N–H and O–H groups in total. The van der Waals surface area contributed by atoms with Gasteiger partial charge in [-0.25, -0.2) is 0 Å². The minimum Gasteiger partial charge on any atom is -0.388 e. The first-order valence-electron chi connectivity index (χ1n) is 7.77. The van der Waals surface area contributed by atoms with Crippen LogP contribution < -0.4 is 0 Å². The number of aliphatic hydroxyl groups excluding tert-OH is 1. The molecule has 1 nitrogen and oxygen atoms in total. The quantitative estimate of drug-likeness (QED) is 0.825. The van der Waals surface area contributed by atoms with Crippen LogP contribution in [0, 0.1) is 11.8 Å². The Morgan fingerprint density at radius 2 is 1.76 bits per heavy atom. The molecule has 3 atom stereocenters. The third-order valence-corrected chi connectivity index (χ3v) is 4.51. The predicted molar refractivity (Wildman–Crippen MR) is 76.9 cm³/mol. The maximum Gasteiger partial charge on any atom is 0.392 e. The van der Waals surface area contributed by atoms with Gasteiger partial charge in [0, 0.05) is 5.92 Å². The summed E-state index contributed by atoms with van der Waals surface area (Å²) in [5.74, 6) is -2.09. The van der Waals surface area contributed by atoms with E-state index in [1.165, 1.54) is 0 Å². The van der Waals surface area contributed by atoms with Gasteiger partial charge in [-0.3, -0.25) is 0 Å². The summed E-state index contributed by atoms with van der Waals surface area (Å²) in [6.07, 6.45) is -1.31. The van der Waals surface area contributed by atoms with Crippen LogP contribution in [0.1, 0.15) is 56.3 Å². The van der Waals surface area contributed by atoms with Crippen molar-refractivity contribution >= 4 is 0 Å². The number of benzene rings is 1. The van der Waals surface area contributed by atoms with Gasteiger partial charge in [-0.2, -0.15) is 13.2 Å². The summed E-state index contributed by atoms with van der Waals surface area (Å²) in [5.41, 5.74) is 1.76. The van der Waals surface area contributed by atoms with E-state index in [0.717, 1.165) is 24.8 Å². The van der Waals surface area contributed by atoms with Gasteiger partial charge in [0.15, 0.2) is 0 Å². The lowest BCUT2D eigenvalue weighted by Gasteiger charge is -2.36. The zero-order chi connectivity index (χ0) is 15.5. The van der Waals surface area contributed by atoms with Gasteiger partial charge in [-0.15, -0.1) is 0 Å². The zero-order valence-corrected chi connectivity index (χ0v) is 12.4. The molecule has 1 aliphatic carbocycles. The molecule has 3 unspecified atom stereocenters. The predicted octanol–water partition coefficient (Wildman–Crippen LogP) is 5.04. The molecule has 1 aliphatic rings. The number of hydrogen-bond acceptors (Lipinski definition) is 1. The first kappa shape index (κ1) is 16.3. The van der Waals surface area contributed by atoms with Gasteiger partial charge < -0.3 is 5.11 Å². The van der Waals surface area contributed by atoms with Crippen molar-refractivity contribution in [3.63, 3.8) is 0 Å². The highest BCUT2D eigenvalue weighted by atomic mass is 19.4. The lowest BCUT2D eigenvalue weighted by Crippen LogP contribution is -2.36. The van der Waals surface area contributed by atoms with Crippen molar-refractivity contribution < 1.29 is 18.3 Å². The largest absolute Gasteiger partial charge is 0.392 e. The van der Waals surface area contributed by atoms with Crippen LogP contribution in [-0.2, 0) is 6.42 Å². The third kappa shape index (κ3) is 4.00. The van der Waals surface area contributed by atoms with Crippen LogP contribution in [0.5, 0.6) is 0 Å². The van der Waals surface area contributed by atoms with E-state index < -0.39 is 24.1 Å². The summed E-state index contributed by atoms with van der Waals surface area (Å²) in [6, 6.07) is 7.37. The molecule has 0 aliphatic heterocycles. The Morgan fingerprint density at radius 3 is 2.33 bits per heavy atom. The third-order valence-electron chi connectivity index (χ3n) is 4.51. The van der Waals surface area contributed by atoms with Gasteiger partial charge >= 0.3 is 6.18 Å². The Morgan fingerprint density at radius 1 is 1.14 bits per heavy atom. The van der Waals surface area contributed by atoms with E-state index >= 15 is 0 Å². The van der Waals surface area contributed by atoms with Crippen LogP contribution in [0.25, 0.3) is 0 Å². The van der Waals surface area contributed by atoms with Crippen molar-refractivity contribution in [2.24, 2.45) is 11.8 Å².